The summed E-state index contributed by atoms with van der Waals surface area (Å²) in [7, 11) is 0. The first kappa shape index (κ1) is 9.67. The lowest BCUT2D eigenvalue weighted by molar-refractivity contribution is 0.138. The number of halogens is 1. The fourth-order valence-corrected chi connectivity index (χ4v) is 2.64. The molecule has 2 aliphatic rings. The molecule has 2 N–H and O–H groups in total. The van der Waals surface area contributed by atoms with E-state index >= 15 is 0 Å². The number of hydrogen-bond acceptors (Lipinski definition) is 2. The smallest absolute Gasteiger partial charge is 0.124 e. The van der Waals surface area contributed by atoms with E-state index in [9.17, 15) is 0 Å². The average molecular weight is 268 g/mol. The van der Waals surface area contributed by atoms with Gasteiger partial charge in [0.15, 0.2) is 0 Å². The second-order valence-electron chi connectivity index (χ2n) is 4.52. The maximum absolute atomic E-state index is 6.17. The molecule has 2 nitrogen and oxygen atoms in total. The molecule has 0 spiro atoms. The maximum Gasteiger partial charge on any atom is 0.124 e. The van der Waals surface area contributed by atoms with Crippen molar-refractivity contribution in [1.29, 1.82) is 0 Å². The van der Waals surface area contributed by atoms with Crippen molar-refractivity contribution in [3.63, 3.8) is 0 Å². The van der Waals surface area contributed by atoms with Gasteiger partial charge in [-0.3, -0.25) is 0 Å². The van der Waals surface area contributed by atoms with Gasteiger partial charge < -0.3 is 10.5 Å². The number of hydrogen-bond donors (Lipinski definition) is 1. The first-order chi connectivity index (χ1) is 7.24. The van der Waals surface area contributed by atoms with Crippen LogP contribution in [0.25, 0.3) is 0 Å². The first-order valence-corrected chi connectivity index (χ1v) is 6.25. The molecule has 0 amide bonds. The van der Waals surface area contributed by atoms with Gasteiger partial charge in [0.2, 0.25) is 0 Å². The largest absolute Gasteiger partial charge is 0.490 e. The van der Waals surface area contributed by atoms with E-state index in [-0.39, 0.29) is 6.04 Å². The molecule has 1 fully saturated rings. The third kappa shape index (κ3) is 1.79. The van der Waals surface area contributed by atoms with Crippen molar-refractivity contribution in [2.24, 2.45) is 11.7 Å². The Balaban J connectivity index is 1.93. The number of nitrogens with two attached hydrogens (primary N) is 1. The van der Waals surface area contributed by atoms with Gasteiger partial charge in [-0.2, -0.15) is 0 Å². The summed E-state index contributed by atoms with van der Waals surface area (Å²) >= 11 is 3.46. The highest BCUT2D eigenvalue weighted by Crippen LogP contribution is 2.43. The quantitative estimate of drug-likeness (QED) is 0.849. The molecule has 2 unspecified atom stereocenters. The minimum atomic E-state index is 0.136. The topological polar surface area (TPSA) is 35.2 Å². The van der Waals surface area contributed by atoms with Gasteiger partial charge in [0.25, 0.3) is 0 Å². The summed E-state index contributed by atoms with van der Waals surface area (Å²) in [5.41, 5.74) is 7.31. The summed E-state index contributed by atoms with van der Waals surface area (Å²) in [4.78, 5) is 0. The van der Waals surface area contributed by atoms with Crippen LogP contribution in [0, 0.1) is 5.92 Å². The van der Waals surface area contributed by atoms with Crippen molar-refractivity contribution in [3.8, 4) is 5.75 Å². The summed E-state index contributed by atoms with van der Waals surface area (Å²) < 4.78 is 7.05. The van der Waals surface area contributed by atoms with Gasteiger partial charge in [-0.05, 0) is 37.0 Å². The zero-order valence-electron chi connectivity index (χ0n) is 8.45. The molecule has 1 aromatic rings. The van der Waals surface area contributed by atoms with Crippen molar-refractivity contribution in [3.05, 3.63) is 28.2 Å². The highest BCUT2D eigenvalue weighted by Gasteiger charge is 2.37. The van der Waals surface area contributed by atoms with Gasteiger partial charge in [0, 0.05) is 22.5 Å². The van der Waals surface area contributed by atoms with E-state index < -0.39 is 0 Å². The van der Waals surface area contributed by atoms with Gasteiger partial charge in [0.1, 0.15) is 11.9 Å². The zero-order valence-corrected chi connectivity index (χ0v) is 10.0. The third-order valence-electron chi connectivity index (χ3n) is 3.28. The molecule has 3 rings (SSSR count). The molecular weight excluding hydrogens is 254 g/mol. The van der Waals surface area contributed by atoms with E-state index in [1.165, 1.54) is 12.8 Å². The Bertz CT molecular complexity index is 389. The second-order valence-corrected chi connectivity index (χ2v) is 5.43. The lowest BCUT2D eigenvalue weighted by Crippen LogP contribution is -2.30. The SMILES string of the molecule is NC1CC(C2CC2)Oc2ccc(Br)cc21. The number of ether oxygens (including phenoxy) is 1. The minimum Gasteiger partial charge on any atom is -0.490 e. The highest BCUT2D eigenvalue weighted by molar-refractivity contribution is 9.10. The molecule has 0 bridgehead atoms. The molecule has 15 heavy (non-hydrogen) atoms. The van der Waals surface area contributed by atoms with Gasteiger partial charge in [-0.1, -0.05) is 15.9 Å². The molecular formula is C12H14BrNO. The van der Waals surface area contributed by atoms with Gasteiger partial charge in [-0.25, -0.2) is 0 Å². The van der Waals surface area contributed by atoms with Gasteiger partial charge in [0.05, 0.1) is 0 Å². The predicted octanol–water partition coefficient (Wildman–Crippen LogP) is 3.01. The van der Waals surface area contributed by atoms with E-state index in [4.69, 9.17) is 10.5 Å². The average Bonchev–Trinajstić information content (AvgIpc) is 3.02. The monoisotopic (exact) mass is 267 g/mol. The van der Waals surface area contributed by atoms with Crippen LogP contribution >= 0.6 is 15.9 Å². The standard InChI is InChI=1S/C12H14BrNO/c13-8-3-4-11-9(5-8)10(14)6-12(15-11)7-1-2-7/h3-5,7,10,12H,1-2,6,14H2. The van der Waals surface area contributed by atoms with E-state index in [0.717, 1.165) is 28.1 Å². The molecule has 3 heteroatoms. The van der Waals surface area contributed by atoms with Crippen LogP contribution in [0.3, 0.4) is 0 Å². The van der Waals surface area contributed by atoms with Gasteiger partial charge in [-0.15, -0.1) is 0 Å². The first-order valence-electron chi connectivity index (χ1n) is 5.46. The molecule has 2 atom stereocenters. The Labute approximate surface area is 97.9 Å². The van der Waals surface area contributed by atoms with Crippen LogP contribution in [0.1, 0.15) is 30.9 Å². The maximum atomic E-state index is 6.17. The second kappa shape index (κ2) is 3.49. The number of rotatable bonds is 1. The molecule has 0 aromatic heterocycles. The molecule has 1 aromatic carbocycles. The molecule has 80 valence electrons. The third-order valence-corrected chi connectivity index (χ3v) is 3.78. The number of fused-ring (bicyclic) bond motifs is 1. The summed E-state index contributed by atoms with van der Waals surface area (Å²) in [5, 5.41) is 0. The molecule has 1 heterocycles. The Morgan fingerprint density at radius 3 is 2.87 bits per heavy atom. The van der Waals surface area contributed by atoms with Crippen molar-refractivity contribution in [1.82, 2.24) is 0 Å². The molecule has 1 aliphatic carbocycles. The van der Waals surface area contributed by atoms with Crippen molar-refractivity contribution < 1.29 is 4.74 Å². The Hall–Kier alpha value is -0.540. The Kier molecular flexibility index (Phi) is 2.25. The summed E-state index contributed by atoms with van der Waals surface area (Å²) in [5.74, 6) is 1.74. The van der Waals surface area contributed by atoms with Crippen LogP contribution < -0.4 is 10.5 Å². The van der Waals surface area contributed by atoms with Crippen LogP contribution in [-0.4, -0.2) is 6.10 Å². The Morgan fingerprint density at radius 2 is 2.13 bits per heavy atom. The molecule has 0 radical (unpaired) electrons. The zero-order chi connectivity index (χ0) is 10.4. The van der Waals surface area contributed by atoms with Crippen LogP contribution in [-0.2, 0) is 0 Å². The summed E-state index contributed by atoms with van der Waals surface area (Å²) in [6.07, 6.45) is 3.94. The molecule has 1 aliphatic heterocycles. The van der Waals surface area contributed by atoms with Crippen LogP contribution in [0.4, 0.5) is 0 Å². The lowest BCUT2D eigenvalue weighted by atomic mass is 9.95. The van der Waals surface area contributed by atoms with E-state index in [1.54, 1.807) is 0 Å². The lowest BCUT2D eigenvalue weighted by Gasteiger charge is -2.30. The Morgan fingerprint density at radius 1 is 1.33 bits per heavy atom. The fraction of sp³-hybridized carbons (Fsp3) is 0.500. The van der Waals surface area contributed by atoms with Crippen molar-refractivity contribution in [2.45, 2.75) is 31.4 Å². The van der Waals surface area contributed by atoms with E-state index in [1.807, 2.05) is 12.1 Å². The van der Waals surface area contributed by atoms with E-state index in [2.05, 4.69) is 22.0 Å². The normalized spacial score (nSPS) is 29.5. The molecule has 1 saturated carbocycles. The van der Waals surface area contributed by atoms with Crippen molar-refractivity contribution in [2.75, 3.05) is 0 Å². The highest BCUT2D eigenvalue weighted by atomic mass is 79.9. The van der Waals surface area contributed by atoms with Gasteiger partial charge >= 0.3 is 0 Å². The molecule has 0 saturated heterocycles. The predicted molar refractivity (Wildman–Crippen MR) is 62.8 cm³/mol. The van der Waals surface area contributed by atoms with Crippen molar-refractivity contribution >= 4 is 15.9 Å². The van der Waals surface area contributed by atoms with E-state index in [0.29, 0.717) is 6.10 Å². The van der Waals surface area contributed by atoms with Crippen LogP contribution in [0.5, 0.6) is 5.75 Å². The van der Waals surface area contributed by atoms with Crippen LogP contribution in [0.2, 0.25) is 0 Å². The number of benzene rings is 1. The summed E-state index contributed by atoms with van der Waals surface area (Å²) in [6.45, 7) is 0. The minimum absolute atomic E-state index is 0.136. The van der Waals surface area contributed by atoms with Crippen LogP contribution in [0.15, 0.2) is 22.7 Å². The fourth-order valence-electron chi connectivity index (χ4n) is 2.26. The summed E-state index contributed by atoms with van der Waals surface area (Å²) in [6, 6.07) is 6.24.